The van der Waals surface area contributed by atoms with E-state index in [0.717, 1.165) is 15.7 Å². The van der Waals surface area contributed by atoms with E-state index in [0.29, 0.717) is 39.9 Å². The lowest BCUT2D eigenvalue weighted by molar-refractivity contribution is 0.324. The van der Waals surface area contributed by atoms with Gasteiger partial charge in [-0.2, -0.15) is 0 Å². The molecule has 0 aliphatic carbocycles. The number of aromatic nitrogens is 1. The van der Waals surface area contributed by atoms with Crippen LogP contribution < -0.4 is 34.0 Å². The van der Waals surface area contributed by atoms with E-state index in [1.165, 1.54) is 11.3 Å². The molecule has 2 aromatic carbocycles. The molecule has 1 aliphatic heterocycles. The Morgan fingerprint density at radius 3 is 2.33 bits per heavy atom. The van der Waals surface area contributed by atoms with E-state index in [1.54, 1.807) is 25.9 Å². The molecule has 0 bridgehead atoms. The van der Waals surface area contributed by atoms with Crippen LogP contribution >= 0.6 is 27.3 Å². The molecule has 2 heterocycles. The number of hydrogen-bond donors (Lipinski definition) is 0. The summed E-state index contributed by atoms with van der Waals surface area (Å²) in [7, 11) is 4.69. The number of halogens is 1. The van der Waals surface area contributed by atoms with Crippen LogP contribution in [0, 0.1) is 0 Å². The van der Waals surface area contributed by atoms with Crippen molar-refractivity contribution in [3.8, 4) is 17.2 Å². The Morgan fingerprint density at radius 2 is 1.73 bits per heavy atom. The number of ether oxygens (including phenoxy) is 3. The van der Waals surface area contributed by atoms with Crippen molar-refractivity contribution < 1.29 is 14.2 Å². The molecular formula is C21H20BrN3O4S. The fraction of sp³-hybridized carbons (Fsp3) is 0.238. The Morgan fingerprint density at radius 1 is 1.07 bits per heavy atom. The van der Waals surface area contributed by atoms with Gasteiger partial charge in [-0.05, 0) is 48.0 Å². The number of rotatable bonds is 5. The van der Waals surface area contributed by atoms with E-state index >= 15 is 0 Å². The predicted octanol–water partition coefficient (Wildman–Crippen LogP) is 2.58. The summed E-state index contributed by atoms with van der Waals surface area (Å²) in [5.41, 5.74) is 1.72. The first-order valence-corrected chi connectivity index (χ1v) is 10.7. The van der Waals surface area contributed by atoms with Crippen LogP contribution in [-0.2, 0) is 6.67 Å². The normalized spacial score (nSPS) is 13.6. The second kappa shape index (κ2) is 8.53. The summed E-state index contributed by atoms with van der Waals surface area (Å²) in [6.45, 7) is 0.962. The highest BCUT2D eigenvalue weighted by Gasteiger charge is 2.17. The van der Waals surface area contributed by atoms with Gasteiger partial charge in [0.05, 0.1) is 25.9 Å². The van der Waals surface area contributed by atoms with Crippen LogP contribution in [0.15, 0.2) is 50.7 Å². The number of hydrogen-bond acceptors (Lipinski definition) is 7. The molecule has 1 aromatic heterocycles. The average Bonchev–Trinajstić information content (AvgIpc) is 3.08. The maximum absolute atomic E-state index is 13.0. The first-order valence-electron chi connectivity index (χ1n) is 9.10. The number of thiazole rings is 1. The summed E-state index contributed by atoms with van der Waals surface area (Å²) in [4.78, 5) is 20.4. The first kappa shape index (κ1) is 20.5. The summed E-state index contributed by atoms with van der Waals surface area (Å²) >= 11 is 4.82. The fourth-order valence-corrected chi connectivity index (χ4v) is 4.49. The van der Waals surface area contributed by atoms with Gasteiger partial charge in [0.1, 0.15) is 13.3 Å². The number of nitrogens with zero attached hydrogens (tertiary/aromatic N) is 3. The maximum atomic E-state index is 13.0. The van der Waals surface area contributed by atoms with E-state index in [4.69, 9.17) is 14.2 Å². The maximum Gasteiger partial charge on any atom is 0.271 e. The van der Waals surface area contributed by atoms with E-state index in [1.807, 2.05) is 42.5 Å². The zero-order valence-corrected chi connectivity index (χ0v) is 19.1. The lowest BCUT2D eigenvalue weighted by Crippen LogP contribution is -2.42. The van der Waals surface area contributed by atoms with Gasteiger partial charge in [0.2, 0.25) is 5.75 Å². The second-order valence-corrected chi connectivity index (χ2v) is 8.47. The van der Waals surface area contributed by atoms with E-state index < -0.39 is 0 Å². The molecule has 4 rings (SSSR count). The third kappa shape index (κ3) is 3.82. The fourth-order valence-electron chi connectivity index (χ4n) is 3.26. The molecule has 9 heteroatoms. The minimum Gasteiger partial charge on any atom is -0.493 e. The third-order valence-corrected chi connectivity index (χ3v) is 6.33. The van der Waals surface area contributed by atoms with Crippen molar-refractivity contribution in [3.05, 3.63) is 66.1 Å². The van der Waals surface area contributed by atoms with Gasteiger partial charge in [-0.25, -0.2) is 4.99 Å². The number of benzene rings is 2. The van der Waals surface area contributed by atoms with Gasteiger partial charge < -0.3 is 19.1 Å². The molecule has 1 aliphatic rings. The van der Waals surface area contributed by atoms with Gasteiger partial charge in [-0.1, -0.05) is 27.3 Å². The van der Waals surface area contributed by atoms with Gasteiger partial charge >= 0.3 is 0 Å². The quantitative estimate of drug-likeness (QED) is 0.550. The van der Waals surface area contributed by atoms with Crippen LogP contribution in [0.1, 0.15) is 5.56 Å². The van der Waals surface area contributed by atoms with Crippen molar-refractivity contribution in [2.75, 3.05) is 32.9 Å². The zero-order valence-electron chi connectivity index (χ0n) is 16.7. The Hall–Kier alpha value is -2.78. The molecule has 0 spiro atoms. The largest absolute Gasteiger partial charge is 0.493 e. The van der Waals surface area contributed by atoms with Crippen LogP contribution in [0.2, 0.25) is 0 Å². The van der Waals surface area contributed by atoms with Crippen molar-refractivity contribution in [1.29, 1.82) is 0 Å². The van der Waals surface area contributed by atoms with Crippen LogP contribution in [0.4, 0.5) is 5.69 Å². The summed E-state index contributed by atoms with van der Waals surface area (Å²) in [5, 5.41) is 0. The Balaban J connectivity index is 1.73. The van der Waals surface area contributed by atoms with E-state index in [-0.39, 0.29) is 5.56 Å². The minimum atomic E-state index is -0.0747. The highest BCUT2D eigenvalue weighted by molar-refractivity contribution is 9.10. The third-order valence-electron chi connectivity index (χ3n) is 4.75. The molecule has 0 saturated carbocycles. The van der Waals surface area contributed by atoms with Crippen molar-refractivity contribution in [2.45, 2.75) is 6.67 Å². The SMILES string of the molecule is COc1cc(C=c2sc3n(c2=O)CN(c2ccc(Br)cc2)CN=3)cc(OC)c1OC. The first-order chi connectivity index (χ1) is 14.5. The molecule has 30 heavy (non-hydrogen) atoms. The molecule has 0 radical (unpaired) electrons. The highest BCUT2D eigenvalue weighted by atomic mass is 79.9. The van der Waals surface area contributed by atoms with Gasteiger partial charge in [0, 0.05) is 10.2 Å². The minimum absolute atomic E-state index is 0.0747. The number of anilines is 1. The van der Waals surface area contributed by atoms with Crippen LogP contribution in [0.3, 0.4) is 0 Å². The lowest BCUT2D eigenvalue weighted by Gasteiger charge is -2.25. The van der Waals surface area contributed by atoms with Crippen molar-refractivity contribution in [3.63, 3.8) is 0 Å². The van der Waals surface area contributed by atoms with Crippen molar-refractivity contribution in [1.82, 2.24) is 4.57 Å². The molecule has 0 unspecified atom stereocenters. The molecule has 0 saturated heterocycles. The molecule has 0 amide bonds. The Labute approximate surface area is 185 Å². The topological polar surface area (TPSA) is 65.3 Å². The number of methoxy groups -OCH3 is 3. The molecule has 156 valence electrons. The summed E-state index contributed by atoms with van der Waals surface area (Å²) in [5.74, 6) is 1.59. The Kier molecular flexibility index (Phi) is 5.83. The van der Waals surface area contributed by atoms with Crippen molar-refractivity contribution in [2.24, 2.45) is 4.99 Å². The molecule has 3 aromatic rings. The van der Waals surface area contributed by atoms with Gasteiger partial charge in [-0.3, -0.25) is 9.36 Å². The van der Waals surface area contributed by atoms with Gasteiger partial charge in [0.25, 0.3) is 5.56 Å². The smallest absolute Gasteiger partial charge is 0.271 e. The number of fused-ring (bicyclic) bond motifs is 1. The summed E-state index contributed by atoms with van der Waals surface area (Å²) in [6.07, 6.45) is 1.82. The molecule has 0 atom stereocenters. The molecule has 7 nitrogen and oxygen atoms in total. The predicted molar refractivity (Wildman–Crippen MR) is 121 cm³/mol. The highest BCUT2D eigenvalue weighted by Crippen LogP contribution is 2.38. The summed E-state index contributed by atoms with van der Waals surface area (Å²) in [6, 6.07) is 11.6. The molecular weight excluding hydrogens is 470 g/mol. The van der Waals surface area contributed by atoms with Gasteiger partial charge in [-0.15, -0.1) is 0 Å². The monoisotopic (exact) mass is 489 g/mol. The molecule has 0 fully saturated rings. The lowest BCUT2D eigenvalue weighted by atomic mass is 10.1. The second-order valence-electron chi connectivity index (χ2n) is 6.54. The van der Waals surface area contributed by atoms with E-state index in [9.17, 15) is 4.79 Å². The van der Waals surface area contributed by atoms with Gasteiger partial charge in [0.15, 0.2) is 16.3 Å². The standard InChI is InChI=1S/C21H20BrN3O4S/c1-27-16-8-13(9-17(28-2)19(16)29-3)10-18-20(26)25-12-24(11-23-21(25)30-18)15-6-4-14(22)5-7-15/h4-10H,11-12H2,1-3H3. The summed E-state index contributed by atoms with van der Waals surface area (Å²) < 4.78 is 19.5. The van der Waals surface area contributed by atoms with Crippen LogP contribution in [0.5, 0.6) is 17.2 Å². The van der Waals surface area contributed by atoms with E-state index in [2.05, 4.69) is 25.8 Å². The Bertz CT molecular complexity index is 1230. The van der Waals surface area contributed by atoms with Crippen LogP contribution in [0.25, 0.3) is 6.08 Å². The van der Waals surface area contributed by atoms with Crippen molar-refractivity contribution >= 4 is 39.0 Å². The zero-order chi connectivity index (χ0) is 21.3. The molecule has 0 N–H and O–H groups in total. The average molecular weight is 490 g/mol. The van der Waals surface area contributed by atoms with Crippen LogP contribution in [-0.4, -0.2) is 32.6 Å².